The Hall–Kier alpha value is -1.42. The zero-order valence-corrected chi connectivity index (χ0v) is 15.0. The smallest absolute Gasteiger partial charge is 0.197 e. The van der Waals surface area contributed by atoms with Gasteiger partial charge in [0.1, 0.15) is 17.6 Å². The number of aliphatic hydroxyl groups excluding tert-OH is 3. The van der Waals surface area contributed by atoms with Crippen LogP contribution in [0, 0.1) is 0 Å². The van der Waals surface area contributed by atoms with E-state index >= 15 is 0 Å². The van der Waals surface area contributed by atoms with Gasteiger partial charge in [-0.1, -0.05) is 13.8 Å². The van der Waals surface area contributed by atoms with Crippen molar-refractivity contribution in [2.75, 3.05) is 26.4 Å². The van der Waals surface area contributed by atoms with Crippen LogP contribution in [-0.4, -0.2) is 71.4 Å². The molecular formula is C17H31NO7. The summed E-state index contributed by atoms with van der Waals surface area (Å²) in [6, 6.07) is 5.92. The summed E-state index contributed by atoms with van der Waals surface area (Å²) in [5, 5.41) is 37.6. The van der Waals surface area contributed by atoms with Crippen molar-refractivity contribution in [2.24, 2.45) is 5.73 Å². The maximum atomic E-state index is 9.56. The van der Waals surface area contributed by atoms with E-state index in [0.29, 0.717) is 5.75 Å². The quantitative estimate of drug-likeness (QED) is 0.353. The van der Waals surface area contributed by atoms with Crippen LogP contribution in [0.2, 0.25) is 0 Å². The first-order chi connectivity index (χ1) is 12.0. The molecule has 25 heavy (non-hydrogen) atoms. The van der Waals surface area contributed by atoms with E-state index in [1.807, 2.05) is 13.8 Å². The molecular weight excluding hydrogens is 330 g/mol. The van der Waals surface area contributed by atoms with Gasteiger partial charge in [0.15, 0.2) is 12.4 Å². The van der Waals surface area contributed by atoms with Crippen LogP contribution in [0.25, 0.3) is 0 Å². The molecule has 0 aromatic heterocycles. The average molecular weight is 361 g/mol. The van der Waals surface area contributed by atoms with Crippen LogP contribution >= 0.6 is 0 Å². The largest absolute Gasteiger partial charge is 0.508 e. The number of aliphatic hydroxyl groups is 3. The third kappa shape index (κ3) is 9.01. The maximum Gasteiger partial charge on any atom is 0.197 e. The Bertz CT molecular complexity index is 428. The minimum atomic E-state index is -1.04. The zero-order chi connectivity index (χ0) is 19.2. The summed E-state index contributed by atoms with van der Waals surface area (Å²) in [5.41, 5.74) is 5.40. The third-order valence-corrected chi connectivity index (χ3v) is 3.03. The lowest BCUT2D eigenvalue weighted by Gasteiger charge is -2.30. The molecule has 1 aromatic carbocycles. The molecule has 146 valence electrons. The Labute approximate surface area is 148 Å². The van der Waals surface area contributed by atoms with Crippen molar-refractivity contribution in [3.63, 3.8) is 0 Å². The van der Waals surface area contributed by atoms with E-state index in [1.165, 1.54) is 31.2 Å². The number of nitrogens with two attached hydrogens (primary N) is 1. The highest BCUT2D eigenvalue weighted by Gasteiger charge is 2.29. The lowest BCUT2D eigenvalue weighted by atomic mass is 10.2. The normalized spacial score (nSPS) is 15.5. The van der Waals surface area contributed by atoms with Gasteiger partial charge < -0.3 is 40.4 Å². The van der Waals surface area contributed by atoms with Crippen molar-refractivity contribution in [1.29, 1.82) is 0 Å². The first-order valence-electron chi connectivity index (χ1n) is 8.34. The summed E-state index contributed by atoms with van der Waals surface area (Å²) >= 11 is 0. The second-order valence-electron chi connectivity index (χ2n) is 4.96. The molecule has 0 fully saturated rings. The van der Waals surface area contributed by atoms with E-state index in [2.05, 4.69) is 0 Å². The van der Waals surface area contributed by atoms with Crippen molar-refractivity contribution >= 4 is 0 Å². The van der Waals surface area contributed by atoms with Crippen LogP contribution < -0.4 is 10.5 Å². The number of hydrogen-bond acceptors (Lipinski definition) is 8. The fraction of sp³-hybridized carbons (Fsp3) is 0.647. The van der Waals surface area contributed by atoms with Crippen LogP contribution in [0.3, 0.4) is 0 Å². The molecule has 0 spiro atoms. The third-order valence-electron chi connectivity index (χ3n) is 3.03. The molecule has 0 aliphatic rings. The minimum absolute atomic E-state index is 0.0829. The van der Waals surface area contributed by atoms with Crippen molar-refractivity contribution in [3.8, 4) is 11.5 Å². The number of hydrogen-bond donors (Lipinski definition) is 5. The van der Waals surface area contributed by atoms with Gasteiger partial charge in [0.2, 0.25) is 0 Å². The Balaban J connectivity index is 0.00000277. The van der Waals surface area contributed by atoms with Gasteiger partial charge in [-0.2, -0.15) is 0 Å². The van der Waals surface area contributed by atoms with Crippen molar-refractivity contribution in [2.45, 2.75) is 45.4 Å². The topological polar surface area (TPSA) is 135 Å². The Morgan fingerprint density at radius 1 is 1.04 bits per heavy atom. The van der Waals surface area contributed by atoms with Gasteiger partial charge in [0.05, 0.1) is 25.9 Å². The number of ether oxygens (including phenoxy) is 3. The molecule has 1 aromatic rings. The van der Waals surface area contributed by atoms with Gasteiger partial charge in [0.25, 0.3) is 0 Å². The molecule has 0 radical (unpaired) electrons. The zero-order valence-electron chi connectivity index (χ0n) is 15.0. The summed E-state index contributed by atoms with van der Waals surface area (Å²) in [7, 11) is 0. The van der Waals surface area contributed by atoms with E-state index in [-0.39, 0.29) is 18.9 Å². The maximum absolute atomic E-state index is 9.56. The number of aromatic hydroxyl groups is 1. The van der Waals surface area contributed by atoms with Crippen molar-refractivity contribution < 1.29 is 34.6 Å². The fourth-order valence-corrected chi connectivity index (χ4v) is 1.78. The summed E-state index contributed by atoms with van der Waals surface area (Å²) in [5.74, 6) is 0.476. The molecule has 1 rings (SSSR count). The molecule has 0 heterocycles. The van der Waals surface area contributed by atoms with E-state index < -0.39 is 37.8 Å². The molecule has 8 heteroatoms. The Kier molecular flexibility index (Phi) is 13.0. The number of phenolic OH excluding ortho intramolecular Hbond substituents is 1. The molecule has 3 unspecified atom stereocenters. The first kappa shape index (κ1) is 23.6. The van der Waals surface area contributed by atoms with E-state index in [9.17, 15) is 20.4 Å². The van der Waals surface area contributed by atoms with Crippen LogP contribution in [0.15, 0.2) is 24.3 Å². The fourth-order valence-electron chi connectivity index (χ4n) is 1.78. The van der Waals surface area contributed by atoms with Gasteiger partial charge in [0, 0.05) is 6.54 Å². The molecule has 0 saturated heterocycles. The van der Waals surface area contributed by atoms with Gasteiger partial charge in [-0.3, -0.25) is 0 Å². The Morgan fingerprint density at radius 3 is 2.04 bits per heavy atom. The SMILES string of the molecule is CC.CC(O)C(CO)OC(OCCN)[C@H](CO)Oc1ccc(O)cc1. The first-order valence-corrected chi connectivity index (χ1v) is 8.34. The summed E-state index contributed by atoms with van der Waals surface area (Å²) in [4.78, 5) is 0. The standard InChI is InChI=1S/C15H25NO7.C2H6/c1-10(19)13(8-17)23-15(21-7-6-16)14(9-18)22-12-4-2-11(20)3-5-12;1-2/h2-5,10,13-15,17-20H,6-9,16H2,1H3;1-2H3/t10?,13?,14-,15?;/m0./s1. The monoisotopic (exact) mass is 361 g/mol. The minimum Gasteiger partial charge on any atom is -0.508 e. The highest BCUT2D eigenvalue weighted by molar-refractivity contribution is 5.30. The van der Waals surface area contributed by atoms with Gasteiger partial charge >= 0.3 is 0 Å². The average Bonchev–Trinajstić information content (AvgIpc) is 2.63. The van der Waals surface area contributed by atoms with E-state index in [1.54, 1.807) is 0 Å². The van der Waals surface area contributed by atoms with Gasteiger partial charge in [-0.25, -0.2) is 0 Å². The summed E-state index contributed by atoms with van der Waals surface area (Å²) in [6.07, 6.45) is -3.77. The number of benzene rings is 1. The molecule has 0 amide bonds. The number of rotatable bonds is 11. The summed E-state index contributed by atoms with van der Waals surface area (Å²) < 4.78 is 16.5. The molecule has 4 atom stereocenters. The highest BCUT2D eigenvalue weighted by Crippen LogP contribution is 2.20. The van der Waals surface area contributed by atoms with E-state index in [4.69, 9.17) is 19.9 Å². The van der Waals surface area contributed by atoms with Crippen LogP contribution in [0.4, 0.5) is 0 Å². The number of phenols is 1. The molecule has 8 nitrogen and oxygen atoms in total. The molecule has 6 N–H and O–H groups in total. The molecule has 0 bridgehead atoms. The molecule has 0 aliphatic heterocycles. The second-order valence-corrected chi connectivity index (χ2v) is 4.96. The Morgan fingerprint density at radius 2 is 1.60 bits per heavy atom. The predicted molar refractivity (Wildman–Crippen MR) is 93.4 cm³/mol. The predicted octanol–water partition coefficient (Wildman–Crippen LogP) is 0.218. The van der Waals surface area contributed by atoms with Crippen LogP contribution in [0.1, 0.15) is 20.8 Å². The van der Waals surface area contributed by atoms with Crippen LogP contribution in [0.5, 0.6) is 11.5 Å². The highest BCUT2D eigenvalue weighted by atomic mass is 16.7. The lowest BCUT2D eigenvalue weighted by molar-refractivity contribution is -0.234. The lowest BCUT2D eigenvalue weighted by Crippen LogP contribution is -2.45. The summed E-state index contributed by atoms with van der Waals surface area (Å²) in [6.45, 7) is 5.01. The molecule has 0 aliphatic carbocycles. The van der Waals surface area contributed by atoms with E-state index in [0.717, 1.165) is 0 Å². The van der Waals surface area contributed by atoms with Crippen LogP contribution in [-0.2, 0) is 9.47 Å². The van der Waals surface area contributed by atoms with Crippen molar-refractivity contribution in [1.82, 2.24) is 0 Å². The second kappa shape index (κ2) is 13.8. The van der Waals surface area contributed by atoms with Gasteiger partial charge in [-0.15, -0.1) is 0 Å². The van der Waals surface area contributed by atoms with Crippen molar-refractivity contribution in [3.05, 3.63) is 24.3 Å². The van der Waals surface area contributed by atoms with Gasteiger partial charge in [-0.05, 0) is 31.2 Å². The molecule has 0 saturated carbocycles.